The Morgan fingerprint density at radius 1 is 0.923 bits per heavy atom. The molecule has 0 bridgehead atoms. The first-order chi connectivity index (χ1) is 12.3. The van der Waals surface area contributed by atoms with Gasteiger partial charge in [-0.3, -0.25) is 9.59 Å². The van der Waals surface area contributed by atoms with Gasteiger partial charge in [-0.25, -0.2) is 9.18 Å². The van der Waals surface area contributed by atoms with Crippen LogP contribution in [0.4, 0.5) is 4.39 Å². The summed E-state index contributed by atoms with van der Waals surface area (Å²) in [6.45, 7) is 4.93. The quantitative estimate of drug-likeness (QED) is 0.490. The van der Waals surface area contributed by atoms with E-state index >= 15 is 0 Å². The number of esters is 1. The van der Waals surface area contributed by atoms with Crippen LogP contribution in [0, 0.1) is 11.7 Å². The Morgan fingerprint density at radius 3 is 1.88 bits per heavy atom. The summed E-state index contributed by atoms with van der Waals surface area (Å²) >= 11 is 0. The van der Waals surface area contributed by atoms with E-state index in [9.17, 15) is 18.8 Å². The van der Waals surface area contributed by atoms with Crippen molar-refractivity contribution in [1.82, 2.24) is 5.32 Å². The Labute approximate surface area is 151 Å². The molecule has 0 aliphatic rings. The van der Waals surface area contributed by atoms with Crippen LogP contribution in [-0.2, 0) is 9.59 Å². The molecule has 5 nitrogen and oxygen atoms in total. The van der Waals surface area contributed by atoms with Crippen LogP contribution in [0.1, 0.15) is 36.7 Å². The predicted octanol–water partition coefficient (Wildman–Crippen LogP) is 3.12. The highest BCUT2D eigenvalue weighted by Gasteiger charge is 2.25. The second kappa shape index (κ2) is 8.38. The summed E-state index contributed by atoms with van der Waals surface area (Å²) in [7, 11) is 0. The van der Waals surface area contributed by atoms with Gasteiger partial charge < -0.3 is 10.1 Å². The molecule has 6 heteroatoms. The average Bonchev–Trinajstić information content (AvgIpc) is 2.60. The molecule has 0 saturated heterocycles. The van der Waals surface area contributed by atoms with E-state index in [1.807, 2.05) is 0 Å². The van der Waals surface area contributed by atoms with Crippen LogP contribution >= 0.6 is 0 Å². The number of hydrogen-bond acceptors (Lipinski definition) is 4. The van der Waals surface area contributed by atoms with Crippen molar-refractivity contribution >= 4 is 17.7 Å². The molecule has 0 unspecified atom stereocenters. The molecule has 1 N–H and O–H groups in total. The monoisotopic (exact) mass is 357 g/mol. The van der Waals surface area contributed by atoms with Crippen molar-refractivity contribution in [2.75, 3.05) is 0 Å². The molecular weight excluding hydrogens is 337 g/mol. The lowest BCUT2D eigenvalue weighted by atomic mass is 10.0. The van der Waals surface area contributed by atoms with Gasteiger partial charge in [-0.2, -0.15) is 0 Å². The molecule has 2 aromatic carbocycles. The number of amides is 1. The molecule has 0 saturated carbocycles. The normalized spacial score (nSPS) is 11.7. The summed E-state index contributed by atoms with van der Waals surface area (Å²) in [6, 6.07) is 10.6. The lowest BCUT2D eigenvalue weighted by Gasteiger charge is -2.19. The highest BCUT2D eigenvalue weighted by atomic mass is 19.1. The first-order valence-corrected chi connectivity index (χ1v) is 8.17. The van der Waals surface area contributed by atoms with Gasteiger partial charge in [0.2, 0.25) is 5.91 Å². The van der Waals surface area contributed by atoms with E-state index in [4.69, 9.17) is 4.74 Å². The van der Waals surface area contributed by atoms with Gasteiger partial charge in [0, 0.05) is 18.1 Å². The maximum absolute atomic E-state index is 12.9. The van der Waals surface area contributed by atoms with E-state index < -0.39 is 17.8 Å². The average molecular weight is 357 g/mol. The van der Waals surface area contributed by atoms with Gasteiger partial charge in [0.1, 0.15) is 17.6 Å². The second-order valence-electron chi connectivity index (χ2n) is 6.20. The van der Waals surface area contributed by atoms with Crippen molar-refractivity contribution in [2.24, 2.45) is 5.92 Å². The third-order valence-electron chi connectivity index (χ3n) is 3.72. The molecule has 0 aliphatic carbocycles. The fourth-order valence-electron chi connectivity index (χ4n) is 2.34. The van der Waals surface area contributed by atoms with Crippen LogP contribution in [0.25, 0.3) is 0 Å². The molecule has 2 rings (SSSR count). The van der Waals surface area contributed by atoms with Crippen molar-refractivity contribution in [3.8, 4) is 5.75 Å². The smallest absolute Gasteiger partial charge is 0.334 e. The third kappa shape index (κ3) is 4.99. The van der Waals surface area contributed by atoms with Gasteiger partial charge >= 0.3 is 5.97 Å². The Bertz CT molecular complexity index is 798. The van der Waals surface area contributed by atoms with Crippen LogP contribution in [0.3, 0.4) is 0 Å². The van der Waals surface area contributed by atoms with Crippen LogP contribution in [-0.4, -0.2) is 23.7 Å². The van der Waals surface area contributed by atoms with Gasteiger partial charge in [0.05, 0.1) is 0 Å². The number of halogens is 1. The molecule has 1 atom stereocenters. The Morgan fingerprint density at radius 2 is 1.42 bits per heavy atom. The molecular formula is C20H20FNO4. The Hall–Kier alpha value is -3.02. The zero-order chi connectivity index (χ0) is 19.3. The Balaban J connectivity index is 2.09. The second-order valence-corrected chi connectivity index (χ2v) is 6.20. The molecule has 2 aromatic rings. The summed E-state index contributed by atoms with van der Waals surface area (Å²) in [5.74, 6) is -1.44. The predicted molar refractivity (Wildman–Crippen MR) is 94.4 cm³/mol. The standard InChI is InChI=1S/C20H20FNO4/c1-12(2)18(22-13(3)23)20(25)26-17-10-6-15(7-11-17)19(24)14-4-8-16(21)9-5-14/h4-12,18H,1-3H3,(H,22,23)/t18-/m0/s1. The highest BCUT2D eigenvalue weighted by molar-refractivity contribution is 6.09. The van der Waals surface area contributed by atoms with Gasteiger partial charge in [0.25, 0.3) is 0 Å². The Kier molecular flexibility index (Phi) is 6.22. The lowest BCUT2D eigenvalue weighted by Crippen LogP contribution is -2.45. The number of carbonyl (C=O) groups is 3. The van der Waals surface area contributed by atoms with E-state index in [1.54, 1.807) is 13.8 Å². The van der Waals surface area contributed by atoms with E-state index in [2.05, 4.69) is 5.32 Å². The fourth-order valence-corrected chi connectivity index (χ4v) is 2.34. The molecule has 136 valence electrons. The van der Waals surface area contributed by atoms with Crippen molar-refractivity contribution < 1.29 is 23.5 Å². The maximum atomic E-state index is 12.9. The van der Waals surface area contributed by atoms with Crippen molar-refractivity contribution in [2.45, 2.75) is 26.8 Å². The highest BCUT2D eigenvalue weighted by Crippen LogP contribution is 2.17. The summed E-state index contributed by atoms with van der Waals surface area (Å²) < 4.78 is 18.2. The SMILES string of the molecule is CC(=O)N[C@H](C(=O)Oc1ccc(C(=O)c2ccc(F)cc2)cc1)C(C)C. The topological polar surface area (TPSA) is 72.5 Å². The van der Waals surface area contributed by atoms with Crippen LogP contribution in [0.15, 0.2) is 48.5 Å². The first kappa shape index (κ1) is 19.3. The fraction of sp³-hybridized carbons (Fsp3) is 0.250. The maximum Gasteiger partial charge on any atom is 0.334 e. The van der Waals surface area contributed by atoms with Gasteiger partial charge in [-0.15, -0.1) is 0 Å². The molecule has 0 heterocycles. The minimum absolute atomic E-state index is 0.134. The van der Waals surface area contributed by atoms with Gasteiger partial charge in [-0.1, -0.05) is 13.8 Å². The minimum Gasteiger partial charge on any atom is -0.425 e. The summed E-state index contributed by atoms with van der Waals surface area (Å²) in [5, 5.41) is 2.56. The number of carbonyl (C=O) groups excluding carboxylic acids is 3. The molecule has 0 aliphatic heterocycles. The summed E-state index contributed by atoms with van der Waals surface area (Å²) in [4.78, 5) is 35.8. The molecule has 26 heavy (non-hydrogen) atoms. The lowest BCUT2D eigenvalue weighted by molar-refractivity contribution is -0.140. The summed E-state index contributed by atoms with van der Waals surface area (Å²) in [5.41, 5.74) is 0.750. The van der Waals surface area contributed by atoms with Crippen LogP contribution in [0.2, 0.25) is 0 Å². The van der Waals surface area contributed by atoms with Gasteiger partial charge in [0.15, 0.2) is 5.78 Å². The largest absolute Gasteiger partial charge is 0.425 e. The molecule has 0 radical (unpaired) electrons. The zero-order valence-corrected chi connectivity index (χ0v) is 14.8. The van der Waals surface area contributed by atoms with Gasteiger partial charge in [-0.05, 0) is 54.4 Å². The van der Waals surface area contributed by atoms with Crippen molar-refractivity contribution in [3.05, 3.63) is 65.5 Å². The van der Waals surface area contributed by atoms with Crippen molar-refractivity contribution in [1.29, 1.82) is 0 Å². The zero-order valence-electron chi connectivity index (χ0n) is 14.8. The van der Waals surface area contributed by atoms with E-state index in [0.29, 0.717) is 11.1 Å². The van der Waals surface area contributed by atoms with E-state index in [-0.39, 0.29) is 23.4 Å². The number of ether oxygens (including phenoxy) is 1. The number of nitrogens with one attached hydrogen (secondary N) is 1. The molecule has 1 amide bonds. The number of rotatable bonds is 6. The number of benzene rings is 2. The van der Waals surface area contributed by atoms with Crippen LogP contribution in [0.5, 0.6) is 5.75 Å². The van der Waals surface area contributed by atoms with Crippen molar-refractivity contribution in [3.63, 3.8) is 0 Å². The first-order valence-electron chi connectivity index (χ1n) is 8.17. The van der Waals surface area contributed by atoms with Crippen LogP contribution < -0.4 is 10.1 Å². The summed E-state index contributed by atoms with van der Waals surface area (Å²) in [6.07, 6.45) is 0. The minimum atomic E-state index is -0.756. The number of hydrogen-bond donors (Lipinski definition) is 1. The molecule has 0 fully saturated rings. The number of ketones is 1. The molecule has 0 aromatic heterocycles. The molecule has 0 spiro atoms. The van der Waals surface area contributed by atoms with E-state index in [1.165, 1.54) is 55.5 Å². The van der Waals surface area contributed by atoms with E-state index in [0.717, 1.165) is 0 Å². The third-order valence-corrected chi connectivity index (χ3v) is 3.72.